The van der Waals surface area contributed by atoms with E-state index in [-0.39, 0.29) is 5.78 Å². The fourth-order valence-corrected chi connectivity index (χ4v) is 1.96. The van der Waals surface area contributed by atoms with Crippen molar-refractivity contribution < 1.29 is 4.79 Å². The molecular weight excluding hydrogens is 252 g/mol. The molecule has 0 fully saturated rings. The number of allylic oxidation sites excluding steroid dienone is 1. The standard InChI is InChI=1S/C15H12N4O/c1-19-14(6-7-18-19)15(20)5-3-11-2-4-12-13(10-11)17-9-8-16-12/h2-10H,1H3/b5-3+. The van der Waals surface area contributed by atoms with Crippen molar-refractivity contribution in [2.24, 2.45) is 7.05 Å². The van der Waals surface area contributed by atoms with Crippen LogP contribution in [-0.2, 0) is 7.05 Å². The fraction of sp³-hybridized carbons (Fsp3) is 0.0667. The molecule has 2 aromatic heterocycles. The summed E-state index contributed by atoms with van der Waals surface area (Å²) in [5, 5.41) is 3.98. The normalized spacial score (nSPS) is 11.2. The number of rotatable bonds is 3. The minimum Gasteiger partial charge on any atom is -0.288 e. The first-order valence-corrected chi connectivity index (χ1v) is 6.15. The summed E-state index contributed by atoms with van der Waals surface area (Å²) in [6.07, 6.45) is 8.21. The van der Waals surface area contributed by atoms with Crippen molar-refractivity contribution in [3.05, 3.63) is 60.2 Å². The van der Waals surface area contributed by atoms with Gasteiger partial charge < -0.3 is 0 Å². The molecular formula is C15H12N4O. The summed E-state index contributed by atoms with van der Waals surface area (Å²) < 4.78 is 1.55. The zero-order valence-electron chi connectivity index (χ0n) is 10.9. The zero-order chi connectivity index (χ0) is 13.9. The molecule has 2 heterocycles. The molecule has 5 heteroatoms. The van der Waals surface area contributed by atoms with Crippen LogP contribution in [0.25, 0.3) is 17.1 Å². The van der Waals surface area contributed by atoms with Crippen LogP contribution in [0.1, 0.15) is 16.1 Å². The maximum atomic E-state index is 12.0. The van der Waals surface area contributed by atoms with Crippen molar-refractivity contribution in [1.29, 1.82) is 0 Å². The summed E-state index contributed by atoms with van der Waals surface area (Å²) in [5.41, 5.74) is 3.11. The summed E-state index contributed by atoms with van der Waals surface area (Å²) in [7, 11) is 1.74. The van der Waals surface area contributed by atoms with E-state index < -0.39 is 0 Å². The molecule has 3 aromatic rings. The van der Waals surface area contributed by atoms with Crippen molar-refractivity contribution >= 4 is 22.9 Å². The summed E-state index contributed by atoms with van der Waals surface area (Å²) >= 11 is 0. The molecule has 0 saturated heterocycles. The van der Waals surface area contributed by atoms with E-state index in [0.717, 1.165) is 16.6 Å². The lowest BCUT2D eigenvalue weighted by Crippen LogP contribution is -2.03. The van der Waals surface area contributed by atoms with Crippen LogP contribution < -0.4 is 0 Å². The number of nitrogens with zero attached hydrogens (tertiary/aromatic N) is 4. The van der Waals surface area contributed by atoms with Gasteiger partial charge >= 0.3 is 0 Å². The van der Waals surface area contributed by atoms with Crippen molar-refractivity contribution in [3.8, 4) is 0 Å². The van der Waals surface area contributed by atoms with E-state index in [4.69, 9.17) is 0 Å². The number of aryl methyl sites for hydroxylation is 1. The predicted octanol–water partition coefficient (Wildman–Crippen LogP) is 2.26. The van der Waals surface area contributed by atoms with Gasteiger partial charge in [-0.2, -0.15) is 5.10 Å². The Hall–Kier alpha value is -2.82. The zero-order valence-corrected chi connectivity index (χ0v) is 10.9. The van der Waals surface area contributed by atoms with E-state index in [9.17, 15) is 4.79 Å². The number of benzene rings is 1. The predicted molar refractivity (Wildman–Crippen MR) is 76.1 cm³/mol. The number of hydrogen-bond acceptors (Lipinski definition) is 4. The van der Waals surface area contributed by atoms with Crippen LogP contribution in [0.3, 0.4) is 0 Å². The van der Waals surface area contributed by atoms with Gasteiger partial charge in [0.1, 0.15) is 5.69 Å². The Morgan fingerprint density at radius 2 is 1.90 bits per heavy atom. The molecule has 0 radical (unpaired) electrons. The summed E-state index contributed by atoms with van der Waals surface area (Å²) in [6.45, 7) is 0. The van der Waals surface area contributed by atoms with E-state index in [1.54, 1.807) is 42.5 Å². The minimum absolute atomic E-state index is 0.0794. The van der Waals surface area contributed by atoms with Gasteiger partial charge in [0.05, 0.1) is 11.0 Å². The highest BCUT2D eigenvalue weighted by Crippen LogP contribution is 2.12. The van der Waals surface area contributed by atoms with Crippen LogP contribution in [0.4, 0.5) is 0 Å². The van der Waals surface area contributed by atoms with E-state index in [1.165, 1.54) is 6.08 Å². The van der Waals surface area contributed by atoms with E-state index >= 15 is 0 Å². The van der Waals surface area contributed by atoms with Gasteiger partial charge in [0, 0.05) is 25.6 Å². The number of aromatic nitrogens is 4. The third-order valence-electron chi connectivity index (χ3n) is 2.99. The lowest BCUT2D eigenvalue weighted by Gasteiger charge is -1.98. The highest BCUT2D eigenvalue weighted by atomic mass is 16.1. The molecule has 0 aliphatic heterocycles. The SMILES string of the molecule is Cn1nccc1C(=O)/C=C/c1ccc2nccnc2c1. The number of hydrogen-bond donors (Lipinski definition) is 0. The van der Waals surface area contributed by atoms with Gasteiger partial charge in [0.25, 0.3) is 0 Å². The van der Waals surface area contributed by atoms with Crippen LogP contribution in [0, 0.1) is 0 Å². The van der Waals surface area contributed by atoms with Crippen molar-refractivity contribution in [1.82, 2.24) is 19.7 Å². The number of carbonyl (C=O) groups excluding carboxylic acids is 1. The molecule has 98 valence electrons. The molecule has 0 amide bonds. The third kappa shape index (κ3) is 2.33. The molecule has 0 aliphatic carbocycles. The van der Waals surface area contributed by atoms with Gasteiger partial charge in [0.2, 0.25) is 5.78 Å². The maximum absolute atomic E-state index is 12.0. The summed E-state index contributed by atoms with van der Waals surface area (Å²) in [4.78, 5) is 20.4. The summed E-state index contributed by atoms with van der Waals surface area (Å²) in [5.74, 6) is -0.0794. The highest BCUT2D eigenvalue weighted by molar-refractivity contribution is 6.05. The van der Waals surface area contributed by atoms with Gasteiger partial charge in [0.15, 0.2) is 0 Å². The molecule has 20 heavy (non-hydrogen) atoms. The van der Waals surface area contributed by atoms with Crippen LogP contribution >= 0.6 is 0 Å². The number of carbonyl (C=O) groups is 1. The largest absolute Gasteiger partial charge is 0.288 e. The Labute approximate surface area is 115 Å². The monoisotopic (exact) mass is 264 g/mol. The molecule has 0 aliphatic rings. The van der Waals surface area contributed by atoms with Crippen molar-refractivity contribution in [2.45, 2.75) is 0 Å². The number of ketones is 1. The highest BCUT2D eigenvalue weighted by Gasteiger charge is 2.05. The van der Waals surface area contributed by atoms with Gasteiger partial charge in [-0.05, 0) is 29.8 Å². The molecule has 0 bridgehead atoms. The average Bonchev–Trinajstić information content (AvgIpc) is 2.91. The quantitative estimate of drug-likeness (QED) is 0.537. The van der Waals surface area contributed by atoms with Crippen LogP contribution in [0.2, 0.25) is 0 Å². The van der Waals surface area contributed by atoms with Crippen molar-refractivity contribution in [2.75, 3.05) is 0 Å². The van der Waals surface area contributed by atoms with Crippen LogP contribution in [-0.4, -0.2) is 25.5 Å². The van der Waals surface area contributed by atoms with E-state index in [1.807, 2.05) is 18.2 Å². The second-order valence-electron chi connectivity index (χ2n) is 4.34. The lowest BCUT2D eigenvalue weighted by molar-refractivity contribution is 0.103. The first kappa shape index (κ1) is 12.2. The molecule has 0 N–H and O–H groups in total. The van der Waals surface area contributed by atoms with Gasteiger partial charge in [-0.1, -0.05) is 12.1 Å². The van der Waals surface area contributed by atoms with Gasteiger partial charge in [-0.3, -0.25) is 19.4 Å². The third-order valence-corrected chi connectivity index (χ3v) is 2.99. The molecule has 3 rings (SSSR count). The topological polar surface area (TPSA) is 60.7 Å². The second-order valence-corrected chi connectivity index (χ2v) is 4.34. The molecule has 5 nitrogen and oxygen atoms in total. The minimum atomic E-state index is -0.0794. The van der Waals surface area contributed by atoms with Crippen molar-refractivity contribution in [3.63, 3.8) is 0 Å². The lowest BCUT2D eigenvalue weighted by atomic mass is 10.1. The Bertz CT molecular complexity index is 804. The molecule has 0 spiro atoms. The van der Waals surface area contributed by atoms with Gasteiger partial charge in [-0.25, -0.2) is 0 Å². The molecule has 1 aromatic carbocycles. The Morgan fingerprint density at radius 1 is 1.10 bits per heavy atom. The first-order chi connectivity index (χ1) is 9.74. The average molecular weight is 264 g/mol. The first-order valence-electron chi connectivity index (χ1n) is 6.15. The Morgan fingerprint density at radius 3 is 2.65 bits per heavy atom. The summed E-state index contributed by atoms with van der Waals surface area (Å²) in [6, 6.07) is 7.38. The smallest absolute Gasteiger partial charge is 0.203 e. The Balaban J connectivity index is 1.87. The molecule has 0 unspecified atom stereocenters. The fourth-order valence-electron chi connectivity index (χ4n) is 1.96. The van der Waals surface area contributed by atoms with Gasteiger partial charge in [-0.15, -0.1) is 0 Å². The van der Waals surface area contributed by atoms with E-state index in [0.29, 0.717) is 5.69 Å². The van der Waals surface area contributed by atoms with Crippen LogP contribution in [0.5, 0.6) is 0 Å². The van der Waals surface area contributed by atoms with Crippen LogP contribution in [0.15, 0.2) is 48.9 Å². The molecule has 0 saturated carbocycles. The molecule has 0 atom stereocenters. The van der Waals surface area contributed by atoms with E-state index in [2.05, 4.69) is 15.1 Å². The number of fused-ring (bicyclic) bond motifs is 1. The Kier molecular flexibility index (Phi) is 3.09. The second kappa shape index (κ2) is 5.05. The maximum Gasteiger partial charge on any atom is 0.203 e.